The lowest BCUT2D eigenvalue weighted by Gasteiger charge is -2.18. The summed E-state index contributed by atoms with van der Waals surface area (Å²) in [4.78, 5) is 13.7. The molecule has 4 heteroatoms. The number of rotatable bonds is 5. The Balaban J connectivity index is 2.03. The molecule has 0 bridgehead atoms. The van der Waals surface area contributed by atoms with Crippen LogP contribution in [0.25, 0.3) is 0 Å². The van der Waals surface area contributed by atoms with E-state index in [9.17, 15) is 9.90 Å². The van der Waals surface area contributed by atoms with Crippen molar-refractivity contribution in [3.8, 4) is 0 Å². The predicted octanol–water partition coefficient (Wildman–Crippen LogP) is 0.359. The maximum Gasteiger partial charge on any atom is 0.251 e. The summed E-state index contributed by atoms with van der Waals surface area (Å²) < 4.78 is 0. The molecule has 15 heavy (non-hydrogen) atoms. The van der Waals surface area contributed by atoms with Crippen molar-refractivity contribution in [2.24, 2.45) is 0 Å². The largest absolute Gasteiger partial charge is 0.381 e. The van der Waals surface area contributed by atoms with E-state index < -0.39 is 5.60 Å². The molecule has 1 aliphatic heterocycles. The Bertz CT molecular complexity index is 205. The third-order valence-electron chi connectivity index (χ3n) is 2.69. The van der Waals surface area contributed by atoms with Crippen molar-refractivity contribution in [3.05, 3.63) is 0 Å². The molecular formula is C11H22N2O2. The van der Waals surface area contributed by atoms with Crippen molar-refractivity contribution in [3.63, 3.8) is 0 Å². The van der Waals surface area contributed by atoms with Gasteiger partial charge in [-0.15, -0.1) is 0 Å². The Morgan fingerprint density at radius 1 is 1.40 bits per heavy atom. The average molecular weight is 214 g/mol. The van der Waals surface area contributed by atoms with Crippen molar-refractivity contribution < 1.29 is 9.90 Å². The second-order valence-corrected chi connectivity index (χ2v) is 4.72. The van der Waals surface area contributed by atoms with Crippen molar-refractivity contribution in [2.45, 2.75) is 38.7 Å². The van der Waals surface area contributed by atoms with Crippen LogP contribution in [-0.4, -0.2) is 47.7 Å². The Kier molecular flexibility index (Phi) is 4.54. The van der Waals surface area contributed by atoms with E-state index in [2.05, 4.69) is 10.2 Å². The van der Waals surface area contributed by atoms with Crippen LogP contribution < -0.4 is 5.32 Å². The van der Waals surface area contributed by atoms with E-state index in [1.165, 1.54) is 39.8 Å². The summed E-state index contributed by atoms with van der Waals surface area (Å²) in [5.41, 5.74) is -1.26. The number of aliphatic hydroxyl groups is 1. The fraction of sp³-hybridized carbons (Fsp3) is 0.909. The maximum atomic E-state index is 11.3. The predicted molar refractivity (Wildman–Crippen MR) is 59.6 cm³/mol. The minimum absolute atomic E-state index is 0.288. The van der Waals surface area contributed by atoms with Crippen molar-refractivity contribution in [1.82, 2.24) is 10.2 Å². The van der Waals surface area contributed by atoms with Gasteiger partial charge >= 0.3 is 0 Å². The SMILES string of the molecule is CC(C)(O)C(=O)NCCCN1CCCC1. The molecule has 0 unspecified atom stereocenters. The van der Waals surface area contributed by atoms with E-state index >= 15 is 0 Å². The van der Waals surface area contributed by atoms with E-state index in [1.807, 2.05) is 0 Å². The minimum atomic E-state index is -1.26. The number of likely N-dealkylation sites (tertiary alicyclic amines) is 1. The van der Waals surface area contributed by atoms with E-state index in [1.54, 1.807) is 0 Å². The topological polar surface area (TPSA) is 52.6 Å². The van der Waals surface area contributed by atoms with Crippen molar-refractivity contribution in [2.75, 3.05) is 26.2 Å². The van der Waals surface area contributed by atoms with Gasteiger partial charge in [-0.3, -0.25) is 4.79 Å². The third-order valence-corrected chi connectivity index (χ3v) is 2.69. The maximum absolute atomic E-state index is 11.3. The number of carbonyl (C=O) groups is 1. The van der Waals surface area contributed by atoms with E-state index in [0.717, 1.165) is 13.0 Å². The lowest BCUT2D eigenvalue weighted by molar-refractivity contribution is -0.136. The molecule has 0 aromatic carbocycles. The van der Waals surface area contributed by atoms with Gasteiger partial charge < -0.3 is 15.3 Å². The van der Waals surface area contributed by atoms with Gasteiger partial charge in [0.1, 0.15) is 5.60 Å². The van der Waals surface area contributed by atoms with Gasteiger partial charge in [0, 0.05) is 6.54 Å². The highest BCUT2D eigenvalue weighted by Crippen LogP contribution is 2.07. The Morgan fingerprint density at radius 3 is 2.53 bits per heavy atom. The lowest BCUT2D eigenvalue weighted by Crippen LogP contribution is -2.42. The van der Waals surface area contributed by atoms with Crippen LogP contribution in [0.3, 0.4) is 0 Å². The molecule has 0 aromatic rings. The van der Waals surface area contributed by atoms with Gasteiger partial charge in [0.2, 0.25) is 0 Å². The number of amides is 1. The highest BCUT2D eigenvalue weighted by atomic mass is 16.3. The van der Waals surface area contributed by atoms with Crippen LogP contribution in [-0.2, 0) is 4.79 Å². The number of nitrogens with one attached hydrogen (secondary N) is 1. The molecular weight excluding hydrogens is 192 g/mol. The van der Waals surface area contributed by atoms with Gasteiger partial charge in [0.05, 0.1) is 0 Å². The van der Waals surface area contributed by atoms with Gasteiger partial charge in [0.25, 0.3) is 5.91 Å². The molecule has 1 saturated heterocycles. The molecule has 0 atom stereocenters. The van der Waals surface area contributed by atoms with Gasteiger partial charge in [-0.1, -0.05) is 0 Å². The zero-order valence-electron chi connectivity index (χ0n) is 9.75. The molecule has 0 spiro atoms. The van der Waals surface area contributed by atoms with Crippen LogP contribution in [0.1, 0.15) is 33.1 Å². The van der Waals surface area contributed by atoms with Crippen LogP contribution in [0.4, 0.5) is 0 Å². The molecule has 0 aliphatic carbocycles. The van der Waals surface area contributed by atoms with Crippen LogP contribution in [0.2, 0.25) is 0 Å². The van der Waals surface area contributed by atoms with E-state index in [-0.39, 0.29) is 5.91 Å². The molecule has 2 N–H and O–H groups in total. The monoisotopic (exact) mass is 214 g/mol. The fourth-order valence-electron chi connectivity index (χ4n) is 1.73. The molecule has 0 saturated carbocycles. The summed E-state index contributed by atoms with van der Waals surface area (Å²) in [5, 5.41) is 12.1. The van der Waals surface area contributed by atoms with Crippen molar-refractivity contribution >= 4 is 5.91 Å². The first kappa shape index (κ1) is 12.5. The first-order chi connectivity index (χ1) is 7.00. The van der Waals surface area contributed by atoms with Crippen LogP contribution in [0, 0.1) is 0 Å². The average Bonchev–Trinajstić information content (AvgIpc) is 2.63. The minimum Gasteiger partial charge on any atom is -0.381 e. The molecule has 88 valence electrons. The van der Waals surface area contributed by atoms with Gasteiger partial charge in [-0.2, -0.15) is 0 Å². The summed E-state index contributed by atoms with van der Waals surface area (Å²) in [6.07, 6.45) is 3.56. The summed E-state index contributed by atoms with van der Waals surface area (Å²) >= 11 is 0. The second kappa shape index (κ2) is 5.47. The second-order valence-electron chi connectivity index (χ2n) is 4.72. The van der Waals surface area contributed by atoms with Gasteiger partial charge in [-0.05, 0) is 52.7 Å². The molecule has 1 heterocycles. The Morgan fingerprint density at radius 2 is 2.00 bits per heavy atom. The highest BCUT2D eigenvalue weighted by molar-refractivity contribution is 5.83. The van der Waals surface area contributed by atoms with Crippen LogP contribution in [0.15, 0.2) is 0 Å². The first-order valence-corrected chi connectivity index (χ1v) is 5.73. The highest BCUT2D eigenvalue weighted by Gasteiger charge is 2.22. The van der Waals surface area contributed by atoms with Crippen LogP contribution in [0.5, 0.6) is 0 Å². The third kappa shape index (κ3) is 4.62. The summed E-state index contributed by atoms with van der Waals surface area (Å²) in [6, 6.07) is 0. The Labute approximate surface area is 91.6 Å². The fourth-order valence-corrected chi connectivity index (χ4v) is 1.73. The molecule has 4 nitrogen and oxygen atoms in total. The number of hydrogen-bond donors (Lipinski definition) is 2. The van der Waals surface area contributed by atoms with Crippen molar-refractivity contribution in [1.29, 1.82) is 0 Å². The standard InChI is InChI=1S/C11H22N2O2/c1-11(2,15)10(14)12-6-5-9-13-7-3-4-8-13/h15H,3-9H2,1-2H3,(H,12,14). The lowest BCUT2D eigenvalue weighted by atomic mass is 10.1. The smallest absolute Gasteiger partial charge is 0.251 e. The summed E-state index contributed by atoms with van der Waals surface area (Å²) in [6.45, 7) is 7.09. The molecule has 1 amide bonds. The molecule has 1 fully saturated rings. The zero-order chi connectivity index (χ0) is 11.3. The van der Waals surface area contributed by atoms with E-state index in [4.69, 9.17) is 0 Å². The molecule has 0 aromatic heterocycles. The van der Waals surface area contributed by atoms with Crippen LogP contribution >= 0.6 is 0 Å². The Hall–Kier alpha value is -0.610. The number of carbonyl (C=O) groups excluding carboxylic acids is 1. The van der Waals surface area contributed by atoms with E-state index in [0.29, 0.717) is 6.54 Å². The summed E-state index contributed by atoms with van der Waals surface area (Å²) in [7, 11) is 0. The number of hydrogen-bond acceptors (Lipinski definition) is 3. The molecule has 0 radical (unpaired) electrons. The number of nitrogens with zero attached hydrogens (tertiary/aromatic N) is 1. The van der Waals surface area contributed by atoms with Gasteiger partial charge in [0.15, 0.2) is 0 Å². The normalized spacial score (nSPS) is 18.1. The first-order valence-electron chi connectivity index (χ1n) is 5.73. The van der Waals surface area contributed by atoms with Gasteiger partial charge in [-0.25, -0.2) is 0 Å². The molecule has 1 aliphatic rings. The summed E-state index contributed by atoms with van der Waals surface area (Å²) in [5.74, 6) is -0.288. The quantitative estimate of drug-likeness (QED) is 0.650. The zero-order valence-corrected chi connectivity index (χ0v) is 9.75. The molecule has 1 rings (SSSR count).